The van der Waals surface area contributed by atoms with Gasteiger partial charge in [-0.1, -0.05) is 39.0 Å². The van der Waals surface area contributed by atoms with Gasteiger partial charge in [-0.3, -0.25) is 24.6 Å². The van der Waals surface area contributed by atoms with Crippen LogP contribution in [0.15, 0.2) is 18.2 Å². The maximum Gasteiger partial charge on any atom is 0.255 e. The van der Waals surface area contributed by atoms with Gasteiger partial charge in [-0.2, -0.15) is 0 Å². The van der Waals surface area contributed by atoms with Crippen LogP contribution in [0.1, 0.15) is 55.1 Å². The molecule has 2 heterocycles. The second kappa shape index (κ2) is 8.01. The van der Waals surface area contributed by atoms with E-state index in [1.54, 1.807) is 4.90 Å². The van der Waals surface area contributed by atoms with Gasteiger partial charge in [0.2, 0.25) is 11.8 Å². The monoisotopic (exact) mass is 386 g/mol. The van der Waals surface area contributed by atoms with Gasteiger partial charge in [-0.05, 0) is 36.1 Å². The lowest BCUT2D eigenvalue weighted by atomic mass is 9.92. The standard InChI is InChI=1S/C21H30N4O3/c1-4-24(13-21(2,3)12-22)10-14-6-5-7-15-11-25(20(28)18(14)15)16-8-9-17(26)23-19(16)27/h5-7,16H,4,8-13,22H2,1-3H3,(H,23,26,27). The summed E-state index contributed by atoms with van der Waals surface area (Å²) in [5.41, 5.74) is 8.52. The Morgan fingerprint density at radius 3 is 2.68 bits per heavy atom. The van der Waals surface area contributed by atoms with Crippen LogP contribution in [0.5, 0.6) is 0 Å². The number of benzene rings is 1. The molecule has 3 N–H and O–H groups in total. The van der Waals surface area contributed by atoms with Crippen molar-refractivity contribution in [3.63, 3.8) is 0 Å². The van der Waals surface area contributed by atoms with Crippen LogP contribution >= 0.6 is 0 Å². The zero-order chi connectivity index (χ0) is 20.5. The summed E-state index contributed by atoms with van der Waals surface area (Å²) in [6.45, 7) is 9.76. The maximum absolute atomic E-state index is 13.2. The van der Waals surface area contributed by atoms with E-state index in [1.807, 2.05) is 18.2 Å². The fourth-order valence-corrected chi connectivity index (χ4v) is 4.01. The molecule has 1 unspecified atom stereocenters. The molecule has 3 amide bonds. The number of fused-ring (bicyclic) bond motifs is 1. The number of amides is 3. The van der Waals surface area contributed by atoms with E-state index in [2.05, 4.69) is 31.0 Å². The molecule has 2 aliphatic rings. The Bertz CT molecular complexity index is 790. The number of carbonyl (C=O) groups excluding carboxylic acids is 3. The smallest absolute Gasteiger partial charge is 0.255 e. The van der Waals surface area contributed by atoms with Gasteiger partial charge in [0.1, 0.15) is 6.04 Å². The van der Waals surface area contributed by atoms with Gasteiger partial charge in [-0.15, -0.1) is 0 Å². The fraction of sp³-hybridized carbons (Fsp3) is 0.571. The van der Waals surface area contributed by atoms with E-state index in [1.165, 1.54) is 0 Å². The van der Waals surface area contributed by atoms with Gasteiger partial charge >= 0.3 is 0 Å². The fourth-order valence-electron chi connectivity index (χ4n) is 4.01. The normalized spacial score (nSPS) is 20.0. The van der Waals surface area contributed by atoms with Crippen LogP contribution in [0.3, 0.4) is 0 Å². The maximum atomic E-state index is 13.2. The molecule has 0 saturated carbocycles. The van der Waals surface area contributed by atoms with E-state index in [0.717, 1.165) is 24.2 Å². The molecule has 0 aromatic heterocycles. The van der Waals surface area contributed by atoms with Gasteiger partial charge in [0.15, 0.2) is 0 Å². The predicted octanol–water partition coefficient (Wildman–Crippen LogP) is 1.25. The molecule has 7 heteroatoms. The van der Waals surface area contributed by atoms with Crippen LogP contribution in [0.2, 0.25) is 0 Å². The van der Waals surface area contributed by atoms with Crippen molar-refractivity contribution in [2.24, 2.45) is 11.1 Å². The highest BCUT2D eigenvalue weighted by atomic mass is 16.2. The summed E-state index contributed by atoms with van der Waals surface area (Å²) in [6, 6.07) is 5.33. The van der Waals surface area contributed by atoms with Gasteiger partial charge in [0.05, 0.1) is 0 Å². The third-order valence-electron chi connectivity index (χ3n) is 5.68. The molecule has 0 aliphatic carbocycles. The lowest BCUT2D eigenvalue weighted by Crippen LogP contribution is -2.52. The zero-order valence-corrected chi connectivity index (χ0v) is 17.0. The molecule has 1 atom stereocenters. The number of rotatable bonds is 7. The molecule has 0 radical (unpaired) electrons. The second-order valence-corrected chi connectivity index (χ2v) is 8.52. The number of nitrogens with zero attached hydrogens (tertiary/aromatic N) is 2. The Morgan fingerprint density at radius 1 is 1.29 bits per heavy atom. The molecule has 28 heavy (non-hydrogen) atoms. The van der Waals surface area contributed by atoms with Crippen LogP contribution in [0, 0.1) is 5.41 Å². The van der Waals surface area contributed by atoms with Crippen LogP contribution < -0.4 is 11.1 Å². The van der Waals surface area contributed by atoms with Gasteiger partial charge in [-0.25, -0.2) is 0 Å². The molecule has 1 saturated heterocycles. The van der Waals surface area contributed by atoms with Crippen LogP contribution in [0.25, 0.3) is 0 Å². The van der Waals surface area contributed by atoms with Gasteiger partial charge in [0, 0.05) is 31.6 Å². The summed E-state index contributed by atoms with van der Waals surface area (Å²) in [4.78, 5) is 40.8. The summed E-state index contributed by atoms with van der Waals surface area (Å²) >= 11 is 0. The number of hydrogen-bond donors (Lipinski definition) is 2. The van der Waals surface area contributed by atoms with E-state index in [-0.39, 0.29) is 29.6 Å². The molecule has 0 bridgehead atoms. The molecular formula is C21H30N4O3. The molecule has 0 spiro atoms. The van der Waals surface area contributed by atoms with Crippen molar-refractivity contribution in [2.75, 3.05) is 19.6 Å². The summed E-state index contributed by atoms with van der Waals surface area (Å²) < 4.78 is 0. The molecule has 2 aliphatic heterocycles. The lowest BCUT2D eigenvalue weighted by Gasteiger charge is -2.31. The van der Waals surface area contributed by atoms with Gasteiger partial charge in [0.25, 0.3) is 5.91 Å². The van der Waals surface area contributed by atoms with Gasteiger partial charge < -0.3 is 10.6 Å². The molecular weight excluding hydrogens is 356 g/mol. The first-order chi connectivity index (χ1) is 13.3. The highest BCUT2D eigenvalue weighted by Gasteiger charge is 2.40. The van der Waals surface area contributed by atoms with Crippen molar-refractivity contribution >= 4 is 17.7 Å². The first-order valence-electron chi connectivity index (χ1n) is 9.93. The molecule has 1 aromatic carbocycles. The lowest BCUT2D eigenvalue weighted by molar-refractivity contribution is -0.136. The van der Waals surface area contributed by atoms with E-state index >= 15 is 0 Å². The average molecular weight is 386 g/mol. The highest BCUT2D eigenvalue weighted by molar-refractivity contribution is 6.05. The molecule has 3 rings (SSSR count). The summed E-state index contributed by atoms with van der Waals surface area (Å²) in [5, 5.41) is 2.35. The number of nitrogens with one attached hydrogen (secondary N) is 1. The van der Waals surface area contributed by atoms with Crippen LogP contribution in [0.4, 0.5) is 0 Å². The zero-order valence-electron chi connectivity index (χ0n) is 17.0. The van der Waals surface area contributed by atoms with E-state index in [4.69, 9.17) is 5.73 Å². The van der Waals surface area contributed by atoms with Crippen LogP contribution in [-0.4, -0.2) is 53.2 Å². The Kier molecular flexibility index (Phi) is 5.86. The third kappa shape index (κ3) is 4.10. The number of piperidine rings is 1. The second-order valence-electron chi connectivity index (χ2n) is 8.52. The Morgan fingerprint density at radius 2 is 2.04 bits per heavy atom. The van der Waals surface area contributed by atoms with Crippen molar-refractivity contribution in [2.45, 2.75) is 52.7 Å². The average Bonchev–Trinajstić information content (AvgIpc) is 2.98. The number of carbonyl (C=O) groups is 3. The summed E-state index contributed by atoms with van der Waals surface area (Å²) in [6.07, 6.45) is 0.646. The number of nitrogens with two attached hydrogens (primary N) is 1. The summed E-state index contributed by atoms with van der Waals surface area (Å²) in [5.74, 6) is -0.764. The Labute approximate surface area is 166 Å². The van der Waals surface area contributed by atoms with Crippen molar-refractivity contribution in [1.82, 2.24) is 15.1 Å². The minimum atomic E-state index is -0.580. The predicted molar refractivity (Wildman–Crippen MR) is 106 cm³/mol. The Balaban J connectivity index is 1.81. The van der Waals surface area contributed by atoms with Crippen molar-refractivity contribution < 1.29 is 14.4 Å². The molecule has 1 aromatic rings. The van der Waals surface area contributed by atoms with E-state index in [9.17, 15) is 14.4 Å². The largest absolute Gasteiger partial charge is 0.330 e. The molecule has 1 fully saturated rings. The molecule has 152 valence electrons. The Hall–Kier alpha value is -2.25. The van der Waals surface area contributed by atoms with Crippen molar-refractivity contribution in [1.29, 1.82) is 0 Å². The minimum absolute atomic E-state index is 0.00324. The van der Waals surface area contributed by atoms with Crippen molar-refractivity contribution in [3.05, 3.63) is 34.9 Å². The first kappa shape index (κ1) is 20.5. The quantitative estimate of drug-likeness (QED) is 0.688. The summed E-state index contributed by atoms with van der Waals surface area (Å²) in [7, 11) is 0. The topological polar surface area (TPSA) is 95.7 Å². The number of hydrogen-bond acceptors (Lipinski definition) is 5. The van der Waals surface area contributed by atoms with E-state index < -0.39 is 6.04 Å². The van der Waals surface area contributed by atoms with E-state index in [0.29, 0.717) is 31.6 Å². The minimum Gasteiger partial charge on any atom is -0.330 e. The molecule has 7 nitrogen and oxygen atoms in total. The highest BCUT2D eigenvalue weighted by Crippen LogP contribution is 2.30. The number of imide groups is 1. The van der Waals surface area contributed by atoms with Crippen LogP contribution in [-0.2, 0) is 22.7 Å². The van der Waals surface area contributed by atoms with Crippen molar-refractivity contribution in [3.8, 4) is 0 Å². The third-order valence-corrected chi connectivity index (χ3v) is 5.68. The first-order valence-corrected chi connectivity index (χ1v) is 9.93. The SMILES string of the molecule is CCN(Cc1cccc2c1C(=O)N(C1CCC(=O)NC1=O)C2)CC(C)(C)CN.